The third-order valence-corrected chi connectivity index (χ3v) is 2.65. The lowest BCUT2D eigenvalue weighted by atomic mass is 10.3. The number of carbonyl (C=O) groups is 1. The first-order chi connectivity index (χ1) is 8.90. The van der Waals surface area contributed by atoms with Crippen LogP contribution in [0.4, 0.5) is 5.82 Å². The van der Waals surface area contributed by atoms with Gasteiger partial charge in [0.25, 0.3) is 5.69 Å². The Kier molecular flexibility index (Phi) is 3.36. The third kappa shape index (κ3) is 2.49. The van der Waals surface area contributed by atoms with Gasteiger partial charge in [0.15, 0.2) is 0 Å². The molecule has 1 heterocycles. The Hall–Kier alpha value is -2.19. The predicted octanol–water partition coefficient (Wildman–Crippen LogP) is 2.18. The molecule has 10 heteroatoms. The Bertz CT molecular complexity index is 653. The van der Waals surface area contributed by atoms with Gasteiger partial charge in [-0.1, -0.05) is 28.0 Å². The van der Waals surface area contributed by atoms with Crippen molar-refractivity contribution in [2.24, 2.45) is 0 Å². The summed E-state index contributed by atoms with van der Waals surface area (Å²) < 4.78 is 0. The summed E-state index contributed by atoms with van der Waals surface area (Å²) in [6.45, 7) is 0. The van der Waals surface area contributed by atoms with Crippen LogP contribution in [0.15, 0.2) is 18.2 Å². The summed E-state index contributed by atoms with van der Waals surface area (Å²) >= 11 is 11.6. The first-order valence-electron chi connectivity index (χ1n) is 4.70. The Morgan fingerprint density at radius 2 is 2.05 bits per heavy atom. The summed E-state index contributed by atoms with van der Waals surface area (Å²) in [6, 6.07) is 4.30. The quantitative estimate of drug-likeness (QED) is 0.687. The number of rotatable bonds is 3. The van der Waals surface area contributed by atoms with Gasteiger partial charge in [0.2, 0.25) is 0 Å². The number of hydrogen-bond donors (Lipinski definition) is 1. The Balaban J connectivity index is 2.64. The number of carboxylic acids is 1. The van der Waals surface area contributed by atoms with E-state index in [1.165, 1.54) is 18.2 Å². The van der Waals surface area contributed by atoms with E-state index in [4.69, 9.17) is 28.3 Å². The minimum atomic E-state index is -1.56. The highest BCUT2D eigenvalue weighted by atomic mass is 35.5. The van der Waals surface area contributed by atoms with Gasteiger partial charge in [0, 0.05) is 5.02 Å². The van der Waals surface area contributed by atoms with Crippen molar-refractivity contribution in [1.29, 1.82) is 0 Å². The van der Waals surface area contributed by atoms with E-state index in [9.17, 15) is 14.9 Å². The number of nitro groups is 1. The summed E-state index contributed by atoms with van der Waals surface area (Å²) in [5.41, 5.74) is -0.634. The first kappa shape index (κ1) is 13.2. The van der Waals surface area contributed by atoms with Gasteiger partial charge in [-0.15, -0.1) is 5.10 Å². The van der Waals surface area contributed by atoms with E-state index in [0.717, 1.165) is 4.80 Å². The third-order valence-electron chi connectivity index (χ3n) is 2.10. The number of benzene rings is 1. The average Bonchev–Trinajstić information content (AvgIpc) is 2.77. The Morgan fingerprint density at radius 1 is 1.37 bits per heavy atom. The zero-order chi connectivity index (χ0) is 14.2. The van der Waals surface area contributed by atoms with E-state index in [0.29, 0.717) is 5.02 Å². The molecule has 2 rings (SSSR count). The van der Waals surface area contributed by atoms with Crippen LogP contribution in [-0.4, -0.2) is 31.0 Å². The maximum absolute atomic E-state index is 10.8. The highest BCUT2D eigenvalue weighted by molar-refractivity contribution is 6.34. The molecule has 0 aliphatic carbocycles. The van der Waals surface area contributed by atoms with Gasteiger partial charge in [-0.05, 0) is 23.1 Å². The van der Waals surface area contributed by atoms with E-state index in [1.807, 2.05) is 0 Å². The number of hydrogen-bond acceptors (Lipinski definition) is 5. The fourth-order valence-electron chi connectivity index (χ4n) is 1.31. The molecule has 0 aliphatic heterocycles. The summed E-state index contributed by atoms with van der Waals surface area (Å²) in [7, 11) is 0. The van der Waals surface area contributed by atoms with Crippen LogP contribution < -0.4 is 0 Å². The van der Waals surface area contributed by atoms with Crippen molar-refractivity contribution in [3.63, 3.8) is 0 Å². The highest BCUT2D eigenvalue weighted by Crippen LogP contribution is 2.25. The van der Waals surface area contributed by atoms with E-state index >= 15 is 0 Å². The van der Waals surface area contributed by atoms with Gasteiger partial charge in [0.1, 0.15) is 5.69 Å². The standard InChI is InChI=1S/C9H4Cl2N4O4/c10-4-1-2-5(11)6(3-4)14-12-7(9(16)17)8(13-14)15(18)19/h1-3H,(H,16,17). The van der Waals surface area contributed by atoms with Crippen LogP contribution in [0, 0.1) is 10.1 Å². The summed E-state index contributed by atoms with van der Waals surface area (Å²) in [5.74, 6) is -2.43. The van der Waals surface area contributed by atoms with E-state index < -0.39 is 22.4 Å². The lowest BCUT2D eigenvalue weighted by Gasteiger charge is -1.98. The molecule has 1 aromatic carbocycles. The molecule has 98 valence electrons. The molecular weight excluding hydrogens is 299 g/mol. The molecule has 2 aromatic rings. The SMILES string of the molecule is O=C(O)c1nn(-c2cc(Cl)ccc2Cl)nc1[N+](=O)[O-]. The first-order valence-corrected chi connectivity index (χ1v) is 5.46. The number of nitrogens with zero attached hydrogens (tertiary/aromatic N) is 4. The average molecular weight is 303 g/mol. The van der Waals surface area contributed by atoms with Crippen LogP contribution in [-0.2, 0) is 0 Å². The molecule has 0 fully saturated rings. The topological polar surface area (TPSA) is 111 Å². The van der Waals surface area contributed by atoms with Gasteiger partial charge in [0.05, 0.1) is 10.1 Å². The van der Waals surface area contributed by atoms with Crippen molar-refractivity contribution in [3.05, 3.63) is 44.1 Å². The van der Waals surface area contributed by atoms with Crippen LogP contribution in [0.25, 0.3) is 5.69 Å². The predicted molar refractivity (Wildman–Crippen MR) is 65.0 cm³/mol. The van der Waals surface area contributed by atoms with Crippen LogP contribution in [0.1, 0.15) is 10.5 Å². The molecule has 0 bridgehead atoms. The molecular formula is C9H4Cl2N4O4. The molecule has 0 radical (unpaired) electrons. The molecule has 0 aliphatic rings. The molecule has 0 spiro atoms. The second-order valence-corrected chi connectivity index (χ2v) is 4.16. The molecule has 0 saturated carbocycles. The molecule has 1 aromatic heterocycles. The van der Waals surface area contributed by atoms with E-state index in [1.54, 1.807) is 0 Å². The lowest BCUT2D eigenvalue weighted by molar-refractivity contribution is -0.390. The van der Waals surface area contributed by atoms with Crippen molar-refractivity contribution >= 4 is 35.0 Å². The van der Waals surface area contributed by atoms with Crippen molar-refractivity contribution in [2.75, 3.05) is 0 Å². The van der Waals surface area contributed by atoms with Crippen molar-refractivity contribution in [2.45, 2.75) is 0 Å². The molecule has 0 atom stereocenters. The van der Waals surface area contributed by atoms with Crippen molar-refractivity contribution in [1.82, 2.24) is 15.0 Å². The van der Waals surface area contributed by atoms with Crippen LogP contribution in [0.5, 0.6) is 0 Å². The molecule has 8 nitrogen and oxygen atoms in total. The van der Waals surface area contributed by atoms with Gasteiger partial charge in [-0.25, -0.2) is 4.79 Å². The molecule has 0 amide bonds. The van der Waals surface area contributed by atoms with Crippen LogP contribution in [0.2, 0.25) is 10.0 Å². The fraction of sp³-hybridized carbons (Fsp3) is 0. The Labute approximate surface area is 115 Å². The van der Waals surface area contributed by atoms with E-state index in [2.05, 4.69) is 10.2 Å². The van der Waals surface area contributed by atoms with Gasteiger partial charge in [-0.2, -0.15) is 0 Å². The van der Waals surface area contributed by atoms with Crippen molar-refractivity contribution < 1.29 is 14.8 Å². The lowest BCUT2D eigenvalue weighted by Crippen LogP contribution is -2.03. The Morgan fingerprint density at radius 3 is 2.58 bits per heavy atom. The minimum Gasteiger partial charge on any atom is -0.476 e. The molecule has 1 N–H and O–H groups in total. The number of aromatic nitrogens is 3. The normalized spacial score (nSPS) is 10.4. The maximum Gasteiger partial charge on any atom is 0.425 e. The summed E-state index contributed by atoms with van der Waals surface area (Å²) in [5, 5.41) is 27.0. The van der Waals surface area contributed by atoms with Gasteiger partial charge >= 0.3 is 11.8 Å². The van der Waals surface area contributed by atoms with E-state index in [-0.39, 0.29) is 10.7 Å². The molecule has 19 heavy (non-hydrogen) atoms. The fourth-order valence-corrected chi connectivity index (χ4v) is 1.67. The minimum absolute atomic E-state index is 0.143. The highest BCUT2D eigenvalue weighted by Gasteiger charge is 2.29. The van der Waals surface area contributed by atoms with Crippen molar-refractivity contribution in [3.8, 4) is 5.69 Å². The van der Waals surface area contributed by atoms with Gasteiger partial charge in [-0.3, -0.25) is 0 Å². The molecule has 0 saturated heterocycles. The molecule has 0 unspecified atom stereocenters. The summed E-state index contributed by atoms with van der Waals surface area (Å²) in [6.07, 6.45) is 0. The summed E-state index contributed by atoms with van der Waals surface area (Å²) in [4.78, 5) is 21.4. The monoisotopic (exact) mass is 302 g/mol. The zero-order valence-corrected chi connectivity index (χ0v) is 10.5. The van der Waals surface area contributed by atoms with Crippen LogP contribution in [0.3, 0.4) is 0 Å². The zero-order valence-electron chi connectivity index (χ0n) is 8.95. The largest absolute Gasteiger partial charge is 0.476 e. The van der Waals surface area contributed by atoms with Gasteiger partial charge < -0.3 is 15.2 Å². The maximum atomic E-state index is 10.8. The second-order valence-electron chi connectivity index (χ2n) is 3.32. The number of halogens is 2. The number of aromatic carboxylic acids is 1. The number of carboxylic acid groups (broad SMARTS) is 1. The van der Waals surface area contributed by atoms with Crippen LogP contribution >= 0.6 is 23.2 Å². The second kappa shape index (κ2) is 4.82. The smallest absolute Gasteiger partial charge is 0.425 e.